The van der Waals surface area contributed by atoms with Gasteiger partial charge in [0.25, 0.3) is 0 Å². The quantitative estimate of drug-likeness (QED) is 0.857. The minimum atomic E-state index is -3.49. The summed E-state index contributed by atoms with van der Waals surface area (Å²) in [7, 11) is -3.49. The van der Waals surface area contributed by atoms with Gasteiger partial charge in [0.1, 0.15) is 4.90 Å². The molecule has 0 aliphatic carbocycles. The number of anilines is 1. The van der Waals surface area contributed by atoms with Crippen LogP contribution in [0.1, 0.15) is 19.4 Å². The molecule has 0 unspecified atom stereocenters. The molecule has 118 valence electrons. The fourth-order valence-corrected chi connectivity index (χ4v) is 4.57. The highest BCUT2D eigenvalue weighted by Gasteiger charge is 2.31. The fourth-order valence-electron chi connectivity index (χ4n) is 2.83. The maximum Gasteiger partial charge on any atom is 0.245 e. The average molecular weight is 311 g/mol. The minimum absolute atomic E-state index is 0.266. The summed E-state index contributed by atoms with van der Waals surface area (Å²) in [6.45, 7) is 9.78. The van der Waals surface area contributed by atoms with E-state index in [0.717, 1.165) is 19.6 Å². The van der Waals surface area contributed by atoms with Gasteiger partial charge in [0.2, 0.25) is 10.0 Å². The first kappa shape index (κ1) is 16.3. The molecule has 5 nitrogen and oxygen atoms in total. The Hall–Kier alpha value is -1.11. The number of piperazine rings is 1. The summed E-state index contributed by atoms with van der Waals surface area (Å²) in [4.78, 5) is 2.58. The van der Waals surface area contributed by atoms with E-state index in [4.69, 9.17) is 5.73 Å². The molecule has 0 atom stereocenters. The van der Waals surface area contributed by atoms with Gasteiger partial charge in [-0.25, -0.2) is 8.42 Å². The van der Waals surface area contributed by atoms with Crippen LogP contribution < -0.4 is 5.73 Å². The van der Waals surface area contributed by atoms with Gasteiger partial charge in [-0.3, -0.25) is 0 Å². The van der Waals surface area contributed by atoms with Crippen molar-refractivity contribution in [3.05, 3.63) is 23.8 Å². The van der Waals surface area contributed by atoms with E-state index in [9.17, 15) is 8.42 Å². The molecule has 1 fully saturated rings. The summed E-state index contributed by atoms with van der Waals surface area (Å²) in [5.74, 6) is 0.597. The smallest absolute Gasteiger partial charge is 0.245 e. The van der Waals surface area contributed by atoms with Crippen molar-refractivity contribution in [1.82, 2.24) is 9.21 Å². The molecule has 1 heterocycles. The van der Waals surface area contributed by atoms with E-state index in [2.05, 4.69) is 18.7 Å². The van der Waals surface area contributed by atoms with Crippen molar-refractivity contribution in [3.63, 3.8) is 0 Å². The Morgan fingerprint density at radius 2 is 1.81 bits per heavy atom. The summed E-state index contributed by atoms with van der Waals surface area (Å²) in [5.41, 5.74) is 6.93. The third-order valence-corrected chi connectivity index (χ3v) is 5.91. The summed E-state index contributed by atoms with van der Waals surface area (Å²) >= 11 is 0. The highest BCUT2D eigenvalue weighted by molar-refractivity contribution is 7.89. The number of nitrogens with zero attached hydrogens (tertiary/aromatic N) is 2. The number of aryl methyl sites for hydroxylation is 1. The largest absolute Gasteiger partial charge is 0.398 e. The number of rotatable bonds is 4. The van der Waals surface area contributed by atoms with E-state index in [1.165, 1.54) is 0 Å². The van der Waals surface area contributed by atoms with E-state index in [-0.39, 0.29) is 4.90 Å². The molecule has 1 saturated heterocycles. The van der Waals surface area contributed by atoms with Crippen LogP contribution >= 0.6 is 0 Å². The van der Waals surface area contributed by atoms with Crippen molar-refractivity contribution in [2.75, 3.05) is 38.5 Å². The fraction of sp³-hybridized carbons (Fsp3) is 0.600. The first-order valence-electron chi connectivity index (χ1n) is 7.40. The lowest BCUT2D eigenvalue weighted by Crippen LogP contribution is -2.49. The van der Waals surface area contributed by atoms with E-state index in [1.54, 1.807) is 29.4 Å². The maximum absolute atomic E-state index is 12.8. The first-order chi connectivity index (χ1) is 9.82. The predicted molar refractivity (Wildman–Crippen MR) is 85.6 cm³/mol. The van der Waals surface area contributed by atoms with Crippen molar-refractivity contribution in [3.8, 4) is 0 Å². The Morgan fingerprint density at radius 1 is 1.19 bits per heavy atom. The van der Waals surface area contributed by atoms with Crippen molar-refractivity contribution >= 4 is 15.7 Å². The molecule has 1 aromatic rings. The molecule has 0 saturated carbocycles. The molecule has 0 bridgehead atoms. The molecule has 2 N–H and O–H groups in total. The number of hydrogen-bond donors (Lipinski definition) is 1. The normalized spacial score (nSPS) is 18.3. The van der Waals surface area contributed by atoms with Gasteiger partial charge in [-0.05, 0) is 24.5 Å². The number of sulfonamides is 1. The highest BCUT2D eigenvalue weighted by Crippen LogP contribution is 2.26. The SMILES string of the molecule is Cc1cccc(N)c1S(=O)(=O)N1CCN(CC(C)C)CC1. The van der Waals surface area contributed by atoms with Gasteiger partial charge >= 0.3 is 0 Å². The molecule has 6 heteroatoms. The van der Waals surface area contributed by atoms with E-state index >= 15 is 0 Å². The molecule has 2 rings (SSSR count). The zero-order valence-corrected chi connectivity index (χ0v) is 13.9. The lowest BCUT2D eigenvalue weighted by atomic mass is 10.2. The van der Waals surface area contributed by atoms with Crippen LogP contribution in [0.4, 0.5) is 5.69 Å². The van der Waals surface area contributed by atoms with Gasteiger partial charge in [0.05, 0.1) is 5.69 Å². The minimum Gasteiger partial charge on any atom is -0.398 e. The first-order valence-corrected chi connectivity index (χ1v) is 8.84. The third kappa shape index (κ3) is 3.56. The summed E-state index contributed by atoms with van der Waals surface area (Å²) in [6, 6.07) is 5.22. The molecule has 21 heavy (non-hydrogen) atoms. The van der Waals surface area contributed by atoms with Crippen LogP contribution in [0.5, 0.6) is 0 Å². The number of benzene rings is 1. The van der Waals surface area contributed by atoms with Gasteiger partial charge in [0.15, 0.2) is 0 Å². The molecule has 1 aromatic carbocycles. The Morgan fingerprint density at radius 3 is 2.33 bits per heavy atom. The molecule has 0 spiro atoms. The van der Waals surface area contributed by atoms with Crippen molar-refractivity contribution in [1.29, 1.82) is 0 Å². The number of nitrogens with two attached hydrogens (primary N) is 1. The second-order valence-corrected chi connectivity index (χ2v) is 7.97. The Bertz CT molecular complexity index is 571. The monoisotopic (exact) mass is 311 g/mol. The van der Waals surface area contributed by atoms with Crippen molar-refractivity contribution in [2.24, 2.45) is 5.92 Å². The predicted octanol–water partition coefficient (Wildman–Crippen LogP) is 1.54. The van der Waals surface area contributed by atoms with Gasteiger partial charge in [-0.15, -0.1) is 0 Å². The van der Waals surface area contributed by atoms with Crippen molar-refractivity contribution < 1.29 is 8.42 Å². The molecular formula is C15H25N3O2S. The van der Waals surface area contributed by atoms with Gasteiger partial charge in [-0.1, -0.05) is 26.0 Å². The molecule has 1 aliphatic heterocycles. The van der Waals surface area contributed by atoms with Crippen LogP contribution in [-0.2, 0) is 10.0 Å². The van der Waals surface area contributed by atoms with Crippen LogP contribution in [0.2, 0.25) is 0 Å². The van der Waals surface area contributed by atoms with E-state index in [1.807, 2.05) is 0 Å². The Kier molecular flexibility index (Phi) is 4.91. The third-order valence-electron chi connectivity index (χ3n) is 3.79. The van der Waals surface area contributed by atoms with E-state index in [0.29, 0.717) is 30.3 Å². The second-order valence-electron chi connectivity index (χ2n) is 6.09. The summed E-state index contributed by atoms with van der Waals surface area (Å²) in [5, 5.41) is 0. The van der Waals surface area contributed by atoms with Gasteiger partial charge in [-0.2, -0.15) is 4.31 Å². The van der Waals surface area contributed by atoms with Gasteiger partial charge in [0, 0.05) is 32.7 Å². The maximum atomic E-state index is 12.8. The van der Waals surface area contributed by atoms with Crippen LogP contribution in [0, 0.1) is 12.8 Å². The molecular weight excluding hydrogens is 286 g/mol. The number of nitrogen functional groups attached to an aromatic ring is 1. The molecule has 0 amide bonds. The Balaban J connectivity index is 2.16. The van der Waals surface area contributed by atoms with Crippen LogP contribution in [0.15, 0.2) is 23.1 Å². The van der Waals surface area contributed by atoms with Crippen LogP contribution in [0.25, 0.3) is 0 Å². The zero-order valence-electron chi connectivity index (χ0n) is 13.0. The zero-order chi connectivity index (χ0) is 15.6. The Labute approximate surface area is 127 Å². The van der Waals surface area contributed by atoms with Crippen LogP contribution in [-0.4, -0.2) is 50.3 Å². The summed E-state index contributed by atoms with van der Waals surface area (Å²) < 4.78 is 27.1. The highest BCUT2D eigenvalue weighted by atomic mass is 32.2. The molecule has 0 radical (unpaired) electrons. The second kappa shape index (κ2) is 6.34. The van der Waals surface area contributed by atoms with Crippen molar-refractivity contribution in [2.45, 2.75) is 25.7 Å². The lowest BCUT2D eigenvalue weighted by molar-refractivity contribution is 0.172. The van der Waals surface area contributed by atoms with E-state index < -0.39 is 10.0 Å². The average Bonchev–Trinajstić information content (AvgIpc) is 2.38. The summed E-state index contributed by atoms with van der Waals surface area (Å²) in [6.07, 6.45) is 0. The number of hydrogen-bond acceptors (Lipinski definition) is 4. The van der Waals surface area contributed by atoms with Gasteiger partial charge < -0.3 is 10.6 Å². The molecule has 1 aliphatic rings. The van der Waals surface area contributed by atoms with Crippen LogP contribution in [0.3, 0.4) is 0 Å². The standard InChI is InChI=1S/C15H25N3O2S/c1-12(2)11-17-7-9-18(10-8-17)21(19,20)15-13(3)5-4-6-14(15)16/h4-6,12H,7-11,16H2,1-3H3. The topological polar surface area (TPSA) is 66.6 Å². The lowest BCUT2D eigenvalue weighted by Gasteiger charge is -2.35. The molecule has 0 aromatic heterocycles.